The highest BCUT2D eigenvalue weighted by atomic mass is 32.2. The van der Waals surface area contributed by atoms with Crippen molar-refractivity contribution in [2.45, 2.75) is 25.2 Å². The van der Waals surface area contributed by atoms with Crippen molar-refractivity contribution in [3.8, 4) is 17.2 Å². The van der Waals surface area contributed by atoms with E-state index in [0.717, 1.165) is 16.7 Å². The Morgan fingerprint density at radius 3 is 2.80 bits per heavy atom. The molecule has 5 nitrogen and oxygen atoms in total. The van der Waals surface area contributed by atoms with E-state index < -0.39 is 0 Å². The van der Waals surface area contributed by atoms with Gasteiger partial charge in [-0.05, 0) is 42.5 Å². The second-order valence-corrected chi connectivity index (χ2v) is 8.75. The minimum absolute atomic E-state index is 0.0879. The van der Waals surface area contributed by atoms with Gasteiger partial charge in [0.15, 0.2) is 22.2 Å². The molecule has 2 aromatic heterocycles. The summed E-state index contributed by atoms with van der Waals surface area (Å²) in [6.07, 6.45) is 0.314. The summed E-state index contributed by atoms with van der Waals surface area (Å²) >= 11 is 3.16. The molecule has 2 aromatic carbocycles. The Morgan fingerprint density at radius 1 is 1.20 bits per heavy atom. The molecule has 0 saturated carbocycles. The number of amides is 1. The van der Waals surface area contributed by atoms with Crippen molar-refractivity contribution in [3.63, 3.8) is 0 Å². The summed E-state index contributed by atoms with van der Waals surface area (Å²) in [6, 6.07) is 15.8. The van der Waals surface area contributed by atoms with Crippen molar-refractivity contribution >= 4 is 45.1 Å². The number of carbonyl (C=O) groups is 1. The van der Waals surface area contributed by atoms with Gasteiger partial charge in [0.1, 0.15) is 5.69 Å². The van der Waals surface area contributed by atoms with Crippen molar-refractivity contribution in [2.24, 2.45) is 0 Å². The molecule has 0 aliphatic heterocycles. The molecule has 1 N–H and O–H groups in total. The van der Waals surface area contributed by atoms with Crippen LogP contribution in [0.15, 0.2) is 63.2 Å². The fraction of sp³-hybridized carbons (Fsp3) is 0.217. The zero-order valence-corrected chi connectivity index (χ0v) is 18.4. The zero-order chi connectivity index (χ0) is 20.9. The fourth-order valence-electron chi connectivity index (χ4n) is 3.10. The molecule has 0 bridgehead atoms. The van der Waals surface area contributed by atoms with Gasteiger partial charge in [-0.2, -0.15) is 0 Å². The third kappa shape index (κ3) is 4.68. The molecule has 0 saturated heterocycles. The highest BCUT2D eigenvalue weighted by molar-refractivity contribution is 7.99. The minimum atomic E-state index is -0.0879. The molecule has 30 heavy (non-hydrogen) atoms. The van der Waals surface area contributed by atoms with E-state index in [4.69, 9.17) is 9.15 Å². The van der Waals surface area contributed by atoms with Gasteiger partial charge in [-0.1, -0.05) is 31.2 Å². The van der Waals surface area contributed by atoms with E-state index in [1.165, 1.54) is 16.2 Å². The predicted octanol–water partition coefficient (Wildman–Crippen LogP) is 6.25. The van der Waals surface area contributed by atoms with Crippen molar-refractivity contribution in [1.82, 2.24) is 4.98 Å². The summed E-state index contributed by atoms with van der Waals surface area (Å²) in [6.45, 7) is 4.64. The number of ether oxygens (including phenoxy) is 1. The Hall–Kier alpha value is -2.77. The Morgan fingerprint density at radius 2 is 2.03 bits per heavy atom. The van der Waals surface area contributed by atoms with E-state index in [-0.39, 0.29) is 5.91 Å². The minimum Gasteiger partial charge on any atom is -0.490 e. The number of benzene rings is 2. The van der Waals surface area contributed by atoms with Crippen LogP contribution in [0.25, 0.3) is 22.4 Å². The standard InChI is InChI=1S/C23H22N2O3S2/c1-3-27-19-7-5-6-16-13-20(28-22(16)19)18-14-30-23(24-18)25-21(26)12-15-8-10-17(11-9-15)29-4-2/h5-11,13-14H,3-4,12H2,1-2H3,(H,24,25,26). The van der Waals surface area contributed by atoms with Crippen LogP contribution in [0, 0.1) is 0 Å². The van der Waals surface area contributed by atoms with Crippen molar-refractivity contribution in [2.75, 3.05) is 17.7 Å². The number of carbonyl (C=O) groups excluding carboxylic acids is 1. The monoisotopic (exact) mass is 438 g/mol. The molecule has 0 unspecified atom stereocenters. The van der Waals surface area contributed by atoms with Crippen LogP contribution >= 0.6 is 23.1 Å². The number of fused-ring (bicyclic) bond motifs is 1. The number of anilines is 1. The second-order valence-electron chi connectivity index (χ2n) is 6.56. The van der Waals surface area contributed by atoms with E-state index in [1.54, 1.807) is 11.8 Å². The smallest absolute Gasteiger partial charge is 0.230 e. The first-order chi connectivity index (χ1) is 14.7. The highest BCUT2D eigenvalue weighted by Crippen LogP contribution is 2.34. The number of thiazole rings is 1. The van der Waals surface area contributed by atoms with Gasteiger partial charge in [0.05, 0.1) is 13.0 Å². The summed E-state index contributed by atoms with van der Waals surface area (Å²) < 4.78 is 11.6. The van der Waals surface area contributed by atoms with Crippen LogP contribution in [0.1, 0.15) is 19.4 Å². The summed E-state index contributed by atoms with van der Waals surface area (Å²) in [5, 5.41) is 6.27. The fourth-order valence-corrected chi connectivity index (χ4v) is 4.47. The number of nitrogens with one attached hydrogen (secondary N) is 1. The predicted molar refractivity (Wildman–Crippen MR) is 124 cm³/mol. The Labute approximate surface area is 183 Å². The first kappa shape index (κ1) is 20.5. The average Bonchev–Trinajstić information content (AvgIpc) is 3.37. The number of rotatable bonds is 8. The van der Waals surface area contributed by atoms with Crippen LogP contribution in [0.2, 0.25) is 0 Å². The summed E-state index contributed by atoms with van der Waals surface area (Å²) in [5.74, 6) is 2.31. The molecular weight excluding hydrogens is 416 g/mol. The summed E-state index contributed by atoms with van der Waals surface area (Å²) in [4.78, 5) is 18.1. The van der Waals surface area contributed by atoms with Gasteiger partial charge in [0.25, 0.3) is 0 Å². The molecule has 4 aromatic rings. The van der Waals surface area contributed by atoms with Crippen LogP contribution in [0.3, 0.4) is 0 Å². The highest BCUT2D eigenvalue weighted by Gasteiger charge is 2.14. The van der Waals surface area contributed by atoms with Crippen LogP contribution in [0.4, 0.5) is 5.13 Å². The first-order valence-electron chi connectivity index (χ1n) is 9.79. The number of thioether (sulfide) groups is 1. The molecule has 0 spiro atoms. The maximum Gasteiger partial charge on any atom is 0.230 e. The third-order valence-corrected chi connectivity index (χ3v) is 6.06. The topological polar surface area (TPSA) is 64.4 Å². The van der Waals surface area contributed by atoms with Gasteiger partial charge in [-0.25, -0.2) is 4.98 Å². The molecule has 0 aliphatic rings. The quantitative estimate of drug-likeness (QED) is 0.330. The SMILES string of the molecule is CCOc1cccc2cc(-c3csc(NC(=O)Cc4ccc(SCC)cc4)n3)oc12. The third-order valence-electron chi connectivity index (χ3n) is 4.41. The van der Waals surface area contributed by atoms with E-state index >= 15 is 0 Å². The zero-order valence-electron chi connectivity index (χ0n) is 16.8. The molecule has 154 valence electrons. The maximum absolute atomic E-state index is 12.4. The number of hydrogen-bond donors (Lipinski definition) is 1. The Kier molecular flexibility index (Phi) is 6.40. The van der Waals surface area contributed by atoms with Gasteiger partial charge in [-0.15, -0.1) is 23.1 Å². The molecule has 1 amide bonds. The molecule has 7 heteroatoms. The number of hydrogen-bond acceptors (Lipinski definition) is 6. The van der Waals surface area contributed by atoms with Crippen LogP contribution < -0.4 is 10.1 Å². The van der Waals surface area contributed by atoms with Gasteiger partial charge >= 0.3 is 0 Å². The lowest BCUT2D eigenvalue weighted by Crippen LogP contribution is -2.14. The van der Waals surface area contributed by atoms with Crippen molar-refractivity contribution in [1.29, 1.82) is 0 Å². The molecular formula is C23H22N2O3S2. The van der Waals surface area contributed by atoms with Crippen molar-refractivity contribution in [3.05, 3.63) is 59.5 Å². The Balaban J connectivity index is 1.44. The van der Waals surface area contributed by atoms with Gasteiger partial charge in [0, 0.05) is 15.7 Å². The lowest BCUT2D eigenvalue weighted by molar-refractivity contribution is -0.115. The molecule has 0 aliphatic carbocycles. The molecule has 0 radical (unpaired) electrons. The molecule has 4 rings (SSSR count). The molecule has 0 atom stereocenters. The van der Waals surface area contributed by atoms with E-state index in [9.17, 15) is 4.79 Å². The van der Waals surface area contributed by atoms with Crippen molar-refractivity contribution < 1.29 is 13.9 Å². The normalized spacial score (nSPS) is 11.0. The number of para-hydroxylation sites is 1. The summed E-state index contributed by atoms with van der Waals surface area (Å²) in [7, 11) is 0. The number of furan rings is 1. The van der Waals surface area contributed by atoms with Gasteiger partial charge in [-0.3, -0.25) is 4.79 Å². The van der Waals surface area contributed by atoms with E-state index in [0.29, 0.717) is 40.9 Å². The molecule has 2 heterocycles. The number of aromatic nitrogens is 1. The summed E-state index contributed by atoms with van der Waals surface area (Å²) in [5.41, 5.74) is 2.37. The lowest BCUT2D eigenvalue weighted by atomic mass is 10.1. The molecule has 0 fully saturated rings. The largest absolute Gasteiger partial charge is 0.490 e. The van der Waals surface area contributed by atoms with Gasteiger partial charge in [0.2, 0.25) is 5.91 Å². The number of nitrogens with zero attached hydrogens (tertiary/aromatic N) is 1. The van der Waals surface area contributed by atoms with Gasteiger partial charge < -0.3 is 14.5 Å². The van der Waals surface area contributed by atoms with E-state index in [2.05, 4.69) is 29.4 Å². The lowest BCUT2D eigenvalue weighted by Gasteiger charge is -2.03. The van der Waals surface area contributed by atoms with Crippen LogP contribution in [-0.2, 0) is 11.2 Å². The van der Waals surface area contributed by atoms with Crippen LogP contribution in [0.5, 0.6) is 5.75 Å². The average molecular weight is 439 g/mol. The maximum atomic E-state index is 12.4. The van der Waals surface area contributed by atoms with Crippen LogP contribution in [-0.4, -0.2) is 23.3 Å². The second kappa shape index (κ2) is 9.36. The first-order valence-corrected chi connectivity index (χ1v) is 11.7. The Bertz CT molecular complexity index is 1150. The van der Waals surface area contributed by atoms with E-state index in [1.807, 2.05) is 48.7 Å².